The number of alkyl halides is 1. The minimum Gasteiger partial charge on any atom is -0.0753 e. The van der Waals surface area contributed by atoms with Crippen LogP contribution in [0.5, 0.6) is 0 Å². The molecule has 3 rings (SSSR count). The van der Waals surface area contributed by atoms with Gasteiger partial charge in [-0.2, -0.15) is 0 Å². The number of allylic oxidation sites excluding steroid dienone is 4. The van der Waals surface area contributed by atoms with Crippen molar-refractivity contribution in [2.75, 3.05) is 0 Å². The second kappa shape index (κ2) is 6.02. The van der Waals surface area contributed by atoms with Crippen LogP contribution >= 0.6 is 45.2 Å². The summed E-state index contributed by atoms with van der Waals surface area (Å²) in [6.45, 7) is 0. The van der Waals surface area contributed by atoms with Gasteiger partial charge in [0.25, 0.3) is 0 Å². The van der Waals surface area contributed by atoms with Gasteiger partial charge in [-0.05, 0) is 45.9 Å². The van der Waals surface area contributed by atoms with Crippen molar-refractivity contribution in [3.8, 4) is 0 Å². The summed E-state index contributed by atoms with van der Waals surface area (Å²) in [4.78, 5) is 0. The molecule has 2 heteroatoms. The monoisotopic (exact) mass is 484 g/mol. The number of hydrogen-bond acceptors (Lipinski definition) is 0. The van der Waals surface area contributed by atoms with Crippen LogP contribution in [0.3, 0.4) is 0 Å². The Labute approximate surface area is 147 Å². The summed E-state index contributed by atoms with van der Waals surface area (Å²) in [5, 5.41) is 0. The lowest BCUT2D eigenvalue weighted by molar-refractivity contribution is 0.943. The molecule has 0 atom stereocenters. The Bertz CT molecular complexity index is 625. The van der Waals surface area contributed by atoms with Crippen LogP contribution in [0, 0.1) is 3.57 Å². The molecule has 0 aromatic heterocycles. The van der Waals surface area contributed by atoms with Crippen LogP contribution < -0.4 is 0 Å². The van der Waals surface area contributed by atoms with Crippen LogP contribution in [0.4, 0.5) is 0 Å². The molecule has 0 nitrogen and oxygen atoms in total. The SMILES string of the molecule is Ic1ccc(C2C=CC(I)(c3ccccc3)C=C2)cc1. The van der Waals surface area contributed by atoms with Gasteiger partial charge in [0.15, 0.2) is 0 Å². The van der Waals surface area contributed by atoms with E-state index in [2.05, 4.69) is 124 Å². The van der Waals surface area contributed by atoms with Crippen LogP contribution in [-0.4, -0.2) is 0 Å². The van der Waals surface area contributed by atoms with Crippen LogP contribution in [0.25, 0.3) is 0 Å². The summed E-state index contributed by atoms with van der Waals surface area (Å²) in [5.74, 6) is 0.388. The highest BCUT2D eigenvalue weighted by Crippen LogP contribution is 2.40. The Balaban J connectivity index is 1.85. The van der Waals surface area contributed by atoms with Crippen molar-refractivity contribution in [3.63, 3.8) is 0 Å². The summed E-state index contributed by atoms with van der Waals surface area (Å²) < 4.78 is 1.27. The Morgan fingerprint density at radius 2 is 1.40 bits per heavy atom. The largest absolute Gasteiger partial charge is 0.0830 e. The van der Waals surface area contributed by atoms with Crippen molar-refractivity contribution in [1.82, 2.24) is 0 Å². The minimum absolute atomic E-state index is 0.0152. The van der Waals surface area contributed by atoms with Gasteiger partial charge in [-0.1, -0.05) is 89.4 Å². The van der Waals surface area contributed by atoms with E-state index in [1.54, 1.807) is 0 Å². The lowest BCUT2D eigenvalue weighted by Crippen LogP contribution is -2.14. The molecule has 0 amide bonds. The Morgan fingerprint density at radius 1 is 0.800 bits per heavy atom. The van der Waals surface area contributed by atoms with Crippen molar-refractivity contribution < 1.29 is 0 Å². The lowest BCUT2D eigenvalue weighted by Gasteiger charge is -2.26. The van der Waals surface area contributed by atoms with E-state index in [1.807, 2.05) is 0 Å². The van der Waals surface area contributed by atoms with Crippen molar-refractivity contribution in [2.24, 2.45) is 0 Å². The molecule has 2 aromatic carbocycles. The maximum absolute atomic E-state index is 2.52. The highest BCUT2D eigenvalue weighted by atomic mass is 127. The number of benzene rings is 2. The molecule has 0 fully saturated rings. The predicted molar refractivity (Wildman–Crippen MR) is 102 cm³/mol. The highest BCUT2D eigenvalue weighted by molar-refractivity contribution is 14.1. The molecular formula is C18H14I2. The predicted octanol–water partition coefficient (Wildman–Crippen LogP) is 5.83. The molecule has 20 heavy (non-hydrogen) atoms. The molecule has 0 saturated carbocycles. The first-order valence-electron chi connectivity index (χ1n) is 6.56. The summed E-state index contributed by atoms with van der Waals surface area (Å²) in [5.41, 5.74) is 2.68. The van der Waals surface area contributed by atoms with Crippen molar-refractivity contribution in [2.45, 2.75) is 9.34 Å². The maximum Gasteiger partial charge on any atom is 0.0830 e. The Morgan fingerprint density at radius 3 is 2.00 bits per heavy atom. The van der Waals surface area contributed by atoms with Gasteiger partial charge in [-0.15, -0.1) is 0 Å². The third-order valence-electron chi connectivity index (χ3n) is 3.56. The molecule has 0 bridgehead atoms. The molecule has 1 aliphatic carbocycles. The van der Waals surface area contributed by atoms with Crippen molar-refractivity contribution >= 4 is 45.2 Å². The zero-order valence-electron chi connectivity index (χ0n) is 10.8. The van der Waals surface area contributed by atoms with Gasteiger partial charge in [-0.25, -0.2) is 0 Å². The summed E-state index contributed by atoms with van der Waals surface area (Å²) in [6.07, 6.45) is 9.24. The highest BCUT2D eigenvalue weighted by Gasteiger charge is 2.25. The molecule has 2 aromatic rings. The Kier molecular flexibility index (Phi) is 4.31. The first-order chi connectivity index (χ1) is 9.67. The van der Waals surface area contributed by atoms with Crippen LogP contribution in [0.2, 0.25) is 0 Å². The first kappa shape index (κ1) is 14.3. The first-order valence-corrected chi connectivity index (χ1v) is 8.72. The van der Waals surface area contributed by atoms with Gasteiger partial charge >= 0.3 is 0 Å². The van der Waals surface area contributed by atoms with E-state index in [9.17, 15) is 0 Å². The van der Waals surface area contributed by atoms with Gasteiger partial charge in [0, 0.05) is 9.49 Å². The summed E-state index contributed by atoms with van der Waals surface area (Å²) >= 11 is 4.86. The molecule has 0 N–H and O–H groups in total. The van der Waals surface area contributed by atoms with Crippen LogP contribution in [0.15, 0.2) is 78.9 Å². The third-order valence-corrected chi connectivity index (χ3v) is 5.62. The van der Waals surface area contributed by atoms with E-state index in [4.69, 9.17) is 0 Å². The van der Waals surface area contributed by atoms with Gasteiger partial charge in [0.05, 0.1) is 3.42 Å². The molecule has 1 aliphatic rings. The fraction of sp³-hybridized carbons (Fsp3) is 0.111. The van der Waals surface area contributed by atoms with Gasteiger partial charge in [-0.3, -0.25) is 0 Å². The fourth-order valence-electron chi connectivity index (χ4n) is 2.40. The molecule has 0 saturated heterocycles. The maximum atomic E-state index is 2.52. The zero-order chi connectivity index (χ0) is 14.0. The molecular weight excluding hydrogens is 470 g/mol. The quantitative estimate of drug-likeness (QED) is 0.286. The van der Waals surface area contributed by atoms with E-state index in [1.165, 1.54) is 14.7 Å². The standard InChI is InChI=1S/C18H14I2/c19-17-8-6-14(7-9-17)15-10-12-18(20,13-11-15)16-4-2-1-3-5-16/h1-13,15H. The average Bonchev–Trinajstić information content (AvgIpc) is 2.50. The molecule has 0 radical (unpaired) electrons. The zero-order valence-corrected chi connectivity index (χ0v) is 15.2. The fourth-order valence-corrected chi connectivity index (χ4v) is 3.53. The van der Waals surface area contributed by atoms with Crippen molar-refractivity contribution in [3.05, 3.63) is 93.6 Å². The lowest BCUT2D eigenvalue weighted by atomic mass is 9.87. The molecule has 100 valence electrons. The number of halogens is 2. The summed E-state index contributed by atoms with van der Waals surface area (Å²) in [6, 6.07) is 19.4. The van der Waals surface area contributed by atoms with E-state index < -0.39 is 0 Å². The molecule has 0 heterocycles. The van der Waals surface area contributed by atoms with E-state index in [0.29, 0.717) is 5.92 Å². The van der Waals surface area contributed by atoms with Gasteiger partial charge in [0.2, 0.25) is 0 Å². The second-order valence-electron chi connectivity index (χ2n) is 4.93. The normalized spacial score (nSPS) is 24.8. The third kappa shape index (κ3) is 3.01. The molecule has 0 aliphatic heterocycles. The van der Waals surface area contributed by atoms with E-state index >= 15 is 0 Å². The topological polar surface area (TPSA) is 0 Å². The van der Waals surface area contributed by atoms with Gasteiger partial charge < -0.3 is 0 Å². The molecule has 0 spiro atoms. The van der Waals surface area contributed by atoms with E-state index in [0.717, 1.165) is 0 Å². The molecule has 0 unspecified atom stereocenters. The Hall–Kier alpha value is -0.620. The van der Waals surface area contributed by atoms with Crippen LogP contribution in [-0.2, 0) is 3.42 Å². The van der Waals surface area contributed by atoms with Crippen LogP contribution in [0.1, 0.15) is 17.0 Å². The minimum atomic E-state index is -0.0152. The smallest absolute Gasteiger partial charge is 0.0753 e. The average molecular weight is 484 g/mol. The van der Waals surface area contributed by atoms with Crippen molar-refractivity contribution in [1.29, 1.82) is 0 Å². The van der Waals surface area contributed by atoms with Gasteiger partial charge in [0.1, 0.15) is 0 Å². The number of hydrogen-bond donors (Lipinski definition) is 0. The van der Waals surface area contributed by atoms with E-state index in [-0.39, 0.29) is 3.42 Å². The number of rotatable bonds is 2. The summed E-state index contributed by atoms with van der Waals surface area (Å²) in [7, 11) is 0. The second-order valence-corrected chi connectivity index (χ2v) is 7.96.